The minimum absolute atomic E-state index is 0.000727. The van der Waals surface area contributed by atoms with E-state index in [0.717, 1.165) is 10.2 Å². The molecule has 0 saturated carbocycles. The second-order valence-electron chi connectivity index (χ2n) is 4.51. The van der Waals surface area contributed by atoms with Crippen LogP contribution in [0.15, 0.2) is 46.9 Å². The Morgan fingerprint density at radius 3 is 2.90 bits per heavy atom. The first kappa shape index (κ1) is 15.3. The summed E-state index contributed by atoms with van der Waals surface area (Å²) >= 11 is 3.35. The van der Waals surface area contributed by atoms with Crippen LogP contribution in [0.5, 0.6) is 5.75 Å². The molecule has 21 heavy (non-hydrogen) atoms. The molecular weight excluding hydrogens is 335 g/mol. The maximum atomic E-state index is 13.8. The number of benzene rings is 2. The SMILES string of the molecule is CC(Nc1cccc(OCC#N)c1)c1cc(Br)ccc1F. The lowest BCUT2D eigenvalue weighted by Gasteiger charge is -2.17. The number of hydrogen-bond acceptors (Lipinski definition) is 3. The fourth-order valence-electron chi connectivity index (χ4n) is 1.97. The first-order valence-corrected chi connectivity index (χ1v) is 7.21. The van der Waals surface area contributed by atoms with Gasteiger partial charge in [0.25, 0.3) is 0 Å². The number of anilines is 1. The standard InChI is InChI=1S/C16H14BrFN2O/c1-11(15-9-12(17)5-6-16(15)18)20-13-3-2-4-14(10-13)21-8-7-19/h2-6,9-11,20H,8H2,1H3. The summed E-state index contributed by atoms with van der Waals surface area (Å²) in [4.78, 5) is 0. The molecule has 2 aromatic carbocycles. The number of nitrogens with zero attached hydrogens (tertiary/aromatic N) is 1. The number of rotatable bonds is 5. The summed E-state index contributed by atoms with van der Waals surface area (Å²) in [5.41, 5.74) is 1.38. The molecule has 5 heteroatoms. The Balaban J connectivity index is 2.14. The Morgan fingerprint density at radius 1 is 1.33 bits per heavy atom. The van der Waals surface area contributed by atoms with Crippen molar-refractivity contribution in [3.05, 3.63) is 58.3 Å². The van der Waals surface area contributed by atoms with Crippen LogP contribution in [-0.4, -0.2) is 6.61 Å². The highest BCUT2D eigenvalue weighted by Crippen LogP contribution is 2.26. The Bertz CT molecular complexity index is 670. The van der Waals surface area contributed by atoms with Crippen molar-refractivity contribution in [3.8, 4) is 11.8 Å². The van der Waals surface area contributed by atoms with Gasteiger partial charge in [-0.15, -0.1) is 0 Å². The molecule has 1 N–H and O–H groups in total. The van der Waals surface area contributed by atoms with Crippen LogP contribution < -0.4 is 10.1 Å². The fourth-order valence-corrected chi connectivity index (χ4v) is 2.34. The third-order valence-corrected chi connectivity index (χ3v) is 3.44. The molecule has 0 spiro atoms. The smallest absolute Gasteiger partial charge is 0.174 e. The highest BCUT2D eigenvalue weighted by atomic mass is 79.9. The second kappa shape index (κ2) is 7.09. The quantitative estimate of drug-likeness (QED) is 0.854. The van der Waals surface area contributed by atoms with Crippen molar-refractivity contribution in [1.29, 1.82) is 5.26 Å². The van der Waals surface area contributed by atoms with E-state index < -0.39 is 0 Å². The zero-order valence-corrected chi connectivity index (χ0v) is 13.0. The molecule has 0 aliphatic heterocycles. The highest BCUT2D eigenvalue weighted by Gasteiger charge is 2.11. The van der Waals surface area contributed by atoms with Gasteiger partial charge < -0.3 is 10.1 Å². The first-order chi connectivity index (χ1) is 10.1. The summed E-state index contributed by atoms with van der Waals surface area (Å²) in [6, 6.07) is 13.8. The van der Waals surface area contributed by atoms with Crippen LogP contribution in [0.25, 0.3) is 0 Å². The summed E-state index contributed by atoms with van der Waals surface area (Å²) in [7, 11) is 0. The molecule has 0 heterocycles. The van der Waals surface area contributed by atoms with Crippen molar-refractivity contribution in [1.82, 2.24) is 0 Å². The molecule has 1 atom stereocenters. The number of halogens is 2. The Labute approximate surface area is 131 Å². The van der Waals surface area contributed by atoms with Gasteiger partial charge in [-0.05, 0) is 37.3 Å². The van der Waals surface area contributed by atoms with Gasteiger partial charge in [-0.1, -0.05) is 22.0 Å². The van der Waals surface area contributed by atoms with Crippen LogP contribution in [0.2, 0.25) is 0 Å². The van der Waals surface area contributed by atoms with E-state index in [-0.39, 0.29) is 18.5 Å². The summed E-state index contributed by atoms with van der Waals surface area (Å²) < 4.78 is 19.9. The molecular formula is C16H14BrFN2O. The Kier molecular flexibility index (Phi) is 5.18. The van der Waals surface area contributed by atoms with Crippen LogP contribution >= 0.6 is 15.9 Å². The topological polar surface area (TPSA) is 45.0 Å². The second-order valence-corrected chi connectivity index (χ2v) is 5.42. The molecule has 2 rings (SSSR count). The van der Waals surface area contributed by atoms with Gasteiger partial charge in [0, 0.05) is 21.8 Å². The van der Waals surface area contributed by atoms with Gasteiger partial charge in [-0.2, -0.15) is 5.26 Å². The van der Waals surface area contributed by atoms with E-state index in [0.29, 0.717) is 11.3 Å². The van der Waals surface area contributed by atoms with E-state index >= 15 is 0 Å². The maximum absolute atomic E-state index is 13.8. The fraction of sp³-hybridized carbons (Fsp3) is 0.188. The van der Waals surface area contributed by atoms with Gasteiger partial charge in [0.05, 0.1) is 6.04 Å². The molecule has 0 aliphatic carbocycles. The summed E-state index contributed by atoms with van der Waals surface area (Å²) in [6.45, 7) is 1.88. The van der Waals surface area contributed by atoms with Crippen LogP contribution in [-0.2, 0) is 0 Å². The predicted octanol–water partition coefficient (Wildman–Crippen LogP) is 4.66. The number of nitriles is 1. The largest absolute Gasteiger partial charge is 0.479 e. The zero-order valence-electron chi connectivity index (χ0n) is 11.4. The minimum atomic E-state index is -0.255. The van der Waals surface area contributed by atoms with Crippen LogP contribution in [0.4, 0.5) is 10.1 Å². The molecule has 2 aromatic rings. The minimum Gasteiger partial charge on any atom is -0.479 e. The van der Waals surface area contributed by atoms with Gasteiger partial charge in [0.2, 0.25) is 0 Å². The lowest BCUT2D eigenvalue weighted by molar-refractivity contribution is 0.368. The molecule has 3 nitrogen and oxygen atoms in total. The normalized spacial score (nSPS) is 11.5. The van der Waals surface area contributed by atoms with E-state index in [4.69, 9.17) is 10.00 Å². The summed E-state index contributed by atoms with van der Waals surface area (Å²) in [5.74, 6) is 0.346. The van der Waals surface area contributed by atoms with Crippen molar-refractivity contribution < 1.29 is 9.13 Å². The highest BCUT2D eigenvalue weighted by molar-refractivity contribution is 9.10. The monoisotopic (exact) mass is 348 g/mol. The van der Waals surface area contributed by atoms with Crippen molar-refractivity contribution in [2.75, 3.05) is 11.9 Å². The van der Waals surface area contributed by atoms with Crippen LogP contribution in [0.1, 0.15) is 18.5 Å². The lowest BCUT2D eigenvalue weighted by atomic mass is 10.1. The Morgan fingerprint density at radius 2 is 2.14 bits per heavy atom. The van der Waals surface area contributed by atoms with Crippen molar-refractivity contribution in [2.45, 2.75) is 13.0 Å². The van der Waals surface area contributed by atoms with Crippen LogP contribution in [0.3, 0.4) is 0 Å². The molecule has 0 bridgehead atoms. The van der Waals surface area contributed by atoms with E-state index in [1.165, 1.54) is 6.07 Å². The average Bonchev–Trinajstić information content (AvgIpc) is 2.48. The third kappa shape index (κ3) is 4.20. The predicted molar refractivity (Wildman–Crippen MR) is 83.7 cm³/mol. The van der Waals surface area contributed by atoms with Gasteiger partial charge in [-0.3, -0.25) is 0 Å². The maximum Gasteiger partial charge on any atom is 0.174 e. The van der Waals surface area contributed by atoms with Gasteiger partial charge in [0.1, 0.15) is 17.6 Å². The zero-order chi connectivity index (χ0) is 15.2. The van der Waals surface area contributed by atoms with Gasteiger partial charge in [0.15, 0.2) is 6.61 Å². The molecule has 0 fully saturated rings. The van der Waals surface area contributed by atoms with Crippen molar-refractivity contribution in [2.24, 2.45) is 0 Å². The number of hydrogen-bond donors (Lipinski definition) is 1. The molecule has 0 amide bonds. The Hall–Kier alpha value is -2.06. The first-order valence-electron chi connectivity index (χ1n) is 6.41. The molecule has 0 radical (unpaired) electrons. The van der Waals surface area contributed by atoms with Gasteiger partial charge in [-0.25, -0.2) is 4.39 Å². The third-order valence-electron chi connectivity index (χ3n) is 2.95. The molecule has 1 unspecified atom stereocenters. The molecule has 0 saturated heterocycles. The number of nitrogens with one attached hydrogen (secondary N) is 1. The van der Waals surface area contributed by atoms with E-state index in [2.05, 4.69) is 21.2 Å². The molecule has 0 aromatic heterocycles. The van der Waals surface area contributed by atoms with E-state index in [1.807, 2.05) is 25.1 Å². The van der Waals surface area contributed by atoms with Crippen molar-refractivity contribution >= 4 is 21.6 Å². The molecule has 108 valence electrons. The summed E-state index contributed by atoms with van der Waals surface area (Å²) in [5, 5.41) is 11.7. The average molecular weight is 349 g/mol. The molecule has 0 aliphatic rings. The lowest BCUT2D eigenvalue weighted by Crippen LogP contribution is -2.08. The van der Waals surface area contributed by atoms with Gasteiger partial charge >= 0.3 is 0 Å². The van der Waals surface area contributed by atoms with Crippen molar-refractivity contribution in [3.63, 3.8) is 0 Å². The number of ether oxygens (including phenoxy) is 1. The van der Waals surface area contributed by atoms with Crippen LogP contribution in [0, 0.1) is 17.1 Å². The summed E-state index contributed by atoms with van der Waals surface area (Å²) in [6.07, 6.45) is 0. The van der Waals surface area contributed by atoms with E-state index in [9.17, 15) is 4.39 Å². The van der Waals surface area contributed by atoms with E-state index in [1.54, 1.807) is 24.3 Å².